The van der Waals surface area contributed by atoms with E-state index in [0.29, 0.717) is 22.5 Å². The molecule has 0 atom stereocenters. The normalized spacial score (nSPS) is 10.8. The van der Waals surface area contributed by atoms with E-state index in [1.54, 1.807) is 47.4 Å². The van der Waals surface area contributed by atoms with E-state index >= 15 is 0 Å². The summed E-state index contributed by atoms with van der Waals surface area (Å²) in [6.45, 7) is -0.116. The number of carbonyl (C=O) groups excluding carboxylic acids is 1. The lowest BCUT2D eigenvalue weighted by Gasteiger charge is -2.08. The zero-order chi connectivity index (χ0) is 26.5. The number of esters is 1. The van der Waals surface area contributed by atoms with Gasteiger partial charge in [-0.15, -0.1) is 0 Å². The standard InChI is InChI=1S/C25H15ClN4O7/c26-19-8-5-14(11-18(19)24(32)36-13-16-4-2-1-3-15(16)12-27)21-10-7-17(37-21)6-9-20-22(30(34)35)23(31)29-25(33)28-20/h1-11H,13H2,(H2,28,29,31,33). The van der Waals surface area contributed by atoms with Crippen molar-refractivity contribution >= 4 is 35.4 Å². The number of hydrogen-bond acceptors (Lipinski definition) is 8. The summed E-state index contributed by atoms with van der Waals surface area (Å²) in [7, 11) is 0. The van der Waals surface area contributed by atoms with Gasteiger partial charge in [0.1, 0.15) is 23.8 Å². The minimum Gasteiger partial charge on any atom is -0.457 e. The first kappa shape index (κ1) is 24.9. The van der Waals surface area contributed by atoms with Crippen molar-refractivity contribution in [1.29, 1.82) is 5.26 Å². The summed E-state index contributed by atoms with van der Waals surface area (Å²) in [6.07, 6.45) is 2.50. The Bertz CT molecular complexity index is 1710. The van der Waals surface area contributed by atoms with Crippen molar-refractivity contribution in [1.82, 2.24) is 9.97 Å². The molecule has 0 unspecified atom stereocenters. The van der Waals surface area contributed by atoms with Crippen LogP contribution in [0.4, 0.5) is 5.69 Å². The Balaban J connectivity index is 1.55. The first-order valence-electron chi connectivity index (χ1n) is 10.5. The van der Waals surface area contributed by atoms with Gasteiger partial charge < -0.3 is 14.1 Å². The van der Waals surface area contributed by atoms with Crippen LogP contribution in [0.15, 0.2) is 68.6 Å². The number of rotatable bonds is 7. The highest BCUT2D eigenvalue weighted by Gasteiger charge is 2.19. The zero-order valence-corrected chi connectivity index (χ0v) is 19.4. The maximum absolute atomic E-state index is 12.7. The monoisotopic (exact) mass is 518 g/mol. The van der Waals surface area contributed by atoms with Gasteiger partial charge in [0.25, 0.3) is 0 Å². The molecule has 0 aliphatic carbocycles. The van der Waals surface area contributed by atoms with Crippen LogP contribution in [0.1, 0.15) is 32.9 Å². The van der Waals surface area contributed by atoms with E-state index in [9.17, 15) is 29.8 Å². The number of benzene rings is 2. The third kappa shape index (κ3) is 5.55. The molecule has 4 rings (SSSR count). The minimum atomic E-state index is -1.13. The number of aromatic amines is 2. The summed E-state index contributed by atoms with van der Waals surface area (Å²) in [5.74, 6) is -0.108. The Hall–Kier alpha value is -5.21. The predicted molar refractivity (Wildman–Crippen MR) is 133 cm³/mol. The number of aromatic nitrogens is 2. The number of ether oxygens (including phenoxy) is 1. The number of nitrogens with zero attached hydrogens (tertiary/aromatic N) is 2. The van der Waals surface area contributed by atoms with E-state index in [1.807, 2.05) is 6.07 Å². The lowest BCUT2D eigenvalue weighted by molar-refractivity contribution is -0.386. The van der Waals surface area contributed by atoms with Crippen LogP contribution in [0.25, 0.3) is 23.5 Å². The number of hydrogen-bond donors (Lipinski definition) is 2. The number of halogens is 1. The third-order valence-corrected chi connectivity index (χ3v) is 5.47. The molecule has 0 saturated carbocycles. The molecular formula is C25H15ClN4O7. The van der Waals surface area contributed by atoms with Crippen molar-refractivity contribution in [3.05, 3.63) is 119 Å². The summed E-state index contributed by atoms with van der Waals surface area (Å²) >= 11 is 6.20. The second kappa shape index (κ2) is 10.6. The van der Waals surface area contributed by atoms with Crippen molar-refractivity contribution in [3.63, 3.8) is 0 Å². The molecule has 0 spiro atoms. The SMILES string of the molecule is N#Cc1ccccc1COC(=O)c1cc(-c2ccc(C=Cc3[nH]c(=O)[nH]c(=O)c3[N+](=O)[O-])o2)ccc1Cl. The smallest absolute Gasteiger partial charge is 0.357 e. The summed E-state index contributed by atoms with van der Waals surface area (Å²) in [6, 6.07) is 16.5. The van der Waals surface area contributed by atoms with Crippen LogP contribution in [0, 0.1) is 21.4 Å². The molecule has 0 aliphatic rings. The van der Waals surface area contributed by atoms with Crippen LogP contribution in [-0.2, 0) is 11.3 Å². The highest BCUT2D eigenvalue weighted by molar-refractivity contribution is 6.33. The highest BCUT2D eigenvalue weighted by atomic mass is 35.5. The molecule has 0 bridgehead atoms. The first-order chi connectivity index (χ1) is 17.8. The van der Waals surface area contributed by atoms with Crippen LogP contribution in [0.3, 0.4) is 0 Å². The molecule has 0 saturated heterocycles. The van der Waals surface area contributed by atoms with Gasteiger partial charge in [-0.05, 0) is 48.6 Å². The van der Waals surface area contributed by atoms with E-state index in [2.05, 4.69) is 4.98 Å². The van der Waals surface area contributed by atoms with Gasteiger partial charge in [-0.25, -0.2) is 9.59 Å². The summed E-state index contributed by atoms with van der Waals surface area (Å²) < 4.78 is 11.1. The fraction of sp³-hybridized carbons (Fsp3) is 0.0400. The molecule has 4 aromatic rings. The van der Waals surface area contributed by atoms with Gasteiger partial charge in [-0.2, -0.15) is 5.26 Å². The quantitative estimate of drug-likeness (QED) is 0.207. The van der Waals surface area contributed by atoms with E-state index < -0.39 is 27.8 Å². The largest absolute Gasteiger partial charge is 0.457 e. The molecule has 2 heterocycles. The molecule has 11 nitrogen and oxygen atoms in total. The van der Waals surface area contributed by atoms with Gasteiger partial charge in [0.05, 0.1) is 27.1 Å². The molecule has 12 heteroatoms. The second-order valence-corrected chi connectivity index (χ2v) is 7.91. The topological polar surface area (TPSA) is 172 Å². The van der Waals surface area contributed by atoms with Gasteiger partial charge in [0.15, 0.2) is 0 Å². The zero-order valence-electron chi connectivity index (χ0n) is 18.7. The molecule has 0 fully saturated rings. The molecular weight excluding hydrogens is 504 g/mol. The number of furan rings is 1. The minimum absolute atomic E-state index is 0.0822. The van der Waals surface area contributed by atoms with Crippen molar-refractivity contribution in [3.8, 4) is 17.4 Å². The number of H-pyrrole nitrogens is 2. The summed E-state index contributed by atoms with van der Waals surface area (Å²) in [4.78, 5) is 50.2. The van der Waals surface area contributed by atoms with Crippen LogP contribution in [-0.4, -0.2) is 20.9 Å². The van der Waals surface area contributed by atoms with Crippen LogP contribution < -0.4 is 11.2 Å². The Morgan fingerprint density at radius 1 is 1.14 bits per heavy atom. The van der Waals surface area contributed by atoms with Crippen molar-refractivity contribution in [2.45, 2.75) is 6.61 Å². The van der Waals surface area contributed by atoms with Crippen LogP contribution >= 0.6 is 11.6 Å². The number of carbonyl (C=O) groups is 1. The number of nitrogens with one attached hydrogen (secondary N) is 2. The first-order valence-corrected chi connectivity index (χ1v) is 10.9. The molecule has 0 aliphatic heterocycles. The molecule has 184 valence electrons. The van der Waals surface area contributed by atoms with E-state index in [4.69, 9.17) is 20.8 Å². The maximum Gasteiger partial charge on any atom is 0.357 e. The average Bonchev–Trinajstić information content (AvgIpc) is 3.35. The average molecular weight is 519 g/mol. The summed E-state index contributed by atoms with van der Waals surface area (Å²) in [5.41, 5.74) is -1.64. The molecule has 0 amide bonds. The lowest BCUT2D eigenvalue weighted by atomic mass is 10.1. The lowest BCUT2D eigenvalue weighted by Crippen LogP contribution is -2.25. The van der Waals surface area contributed by atoms with Gasteiger partial charge >= 0.3 is 22.9 Å². The molecule has 2 aromatic carbocycles. The third-order valence-electron chi connectivity index (χ3n) is 5.14. The molecule has 2 aromatic heterocycles. The van der Waals surface area contributed by atoms with Crippen molar-refractivity contribution < 1.29 is 18.9 Å². The van der Waals surface area contributed by atoms with Crippen LogP contribution in [0.2, 0.25) is 5.02 Å². The number of nitriles is 1. The Labute approximate surface area is 212 Å². The van der Waals surface area contributed by atoms with Gasteiger partial charge in [0.2, 0.25) is 0 Å². The van der Waals surface area contributed by atoms with Crippen LogP contribution in [0.5, 0.6) is 0 Å². The Morgan fingerprint density at radius 3 is 2.68 bits per heavy atom. The van der Waals surface area contributed by atoms with E-state index in [0.717, 1.165) is 0 Å². The number of nitro groups is 1. The predicted octanol–water partition coefficient (Wildman–Crippen LogP) is 4.28. The fourth-order valence-electron chi connectivity index (χ4n) is 3.37. The summed E-state index contributed by atoms with van der Waals surface area (Å²) in [5, 5.41) is 20.5. The van der Waals surface area contributed by atoms with Gasteiger partial charge in [-0.1, -0.05) is 29.8 Å². The van der Waals surface area contributed by atoms with Crippen molar-refractivity contribution in [2.24, 2.45) is 0 Å². The fourth-order valence-corrected chi connectivity index (χ4v) is 3.57. The van der Waals surface area contributed by atoms with Crippen molar-refractivity contribution in [2.75, 3.05) is 0 Å². The maximum atomic E-state index is 12.7. The second-order valence-electron chi connectivity index (χ2n) is 7.50. The Morgan fingerprint density at radius 2 is 1.92 bits per heavy atom. The molecule has 0 radical (unpaired) electrons. The van der Waals surface area contributed by atoms with E-state index in [-0.39, 0.29) is 28.6 Å². The molecule has 2 N–H and O–H groups in total. The van der Waals surface area contributed by atoms with Gasteiger partial charge in [0, 0.05) is 11.1 Å². The highest BCUT2D eigenvalue weighted by Crippen LogP contribution is 2.28. The van der Waals surface area contributed by atoms with E-state index in [1.165, 1.54) is 24.3 Å². The Kier molecular flexibility index (Phi) is 7.13. The molecule has 37 heavy (non-hydrogen) atoms. The van der Waals surface area contributed by atoms with Gasteiger partial charge in [-0.3, -0.25) is 19.9 Å².